The molecule has 3 atom stereocenters. The molecule has 0 aromatic carbocycles. The van der Waals surface area contributed by atoms with Gasteiger partial charge >= 0.3 is 5.97 Å². The smallest absolute Gasteiger partial charge is 0.310 e. The second-order valence-electron chi connectivity index (χ2n) is 7.88. The van der Waals surface area contributed by atoms with Gasteiger partial charge in [-0.3, -0.25) is 14.4 Å². The van der Waals surface area contributed by atoms with E-state index >= 15 is 0 Å². The first-order valence-corrected chi connectivity index (χ1v) is 9.27. The molecule has 0 spiro atoms. The Kier molecular flexibility index (Phi) is 4.83. The van der Waals surface area contributed by atoms with Crippen LogP contribution >= 0.6 is 0 Å². The van der Waals surface area contributed by atoms with Crippen molar-refractivity contribution in [2.45, 2.75) is 57.8 Å². The van der Waals surface area contributed by atoms with Crippen LogP contribution in [0.15, 0.2) is 0 Å². The van der Waals surface area contributed by atoms with Crippen molar-refractivity contribution in [2.75, 3.05) is 13.1 Å². The fourth-order valence-electron chi connectivity index (χ4n) is 5.25. The molecule has 3 N–H and O–H groups in total. The number of piperidine rings is 1. The summed E-state index contributed by atoms with van der Waals surface area (Å²) in [4.78, 5) is 38.8. The van der Waals surface area contributed by atoms with E-state index in [1.807, 2.05) is 0 Å². The number of nitrogens with two attached hydrogens (primary N) is 1. The van der Waals surface area contributed by atoms with Crippen molar-refractivity contribution < 1.29 is 19.5 Å². The molecule has 3 unspecified atom stereocenters. The summed E-state index contributed by atoms with van der Waals surface area (Å²) in [5, 5.41) is 9.74. The van der Waals surface area contributed by atoms with Crippen LogP contribution in [0.3, 0.4) is 0 Å². The third-order valence-electron chi connectivity index (χ3n) is 6.61. The number of carbonyl (C=O) groups is 3. The molecular weight excluding hydrogens is 308 g/mol. The van der Waals surface area contributed by atoms with Gasteiger partial charge in [0.1, 0.15) is 5.92 Å². The molecular formula is C18H28N2O4. The molecule has 3 aliphatic rings. The summed E-state index contributed by atoms with van der Waals surface area (Å²) in [7, 11) is 0. The summed E-state index contributed by atoms with van der Waals surface area (Å²) in [6.45, 7) is 1.28. The number of likely N-dealkylation sites (tertiary alicyclic amines) is 1. The number of carboxylic acids is 1. The Morgan fingerprint density at radius 3 is 2.21 bits per heavy atom. The van der Waals surface area contributed by atoms with E-state index in [2.05, 4.69) is 0 Å². The quantitative estimate of drug-likeness (QED) is 0.764. The van der Waals surface area contributed by atoms with Crippen LogP contribution in [-0.2, 0) is 14.4 Å². The summed E-state index contributed by atoms with van der Waals surface area (Å²) in [5.41, 5.74) is 4.23. The molecule has 0 bridgehead atoms. The van der Waals surface area contributed by atoms with E-state index in [4.69, 9.17) is 5.73 Å². The van der Waals surface area contributed by atoms with E-state index in [1.165, 1.54) is 19.3 Å². The first-order valence-electron chi connectivity index (χ1n) is 9.27. The van der Waals surface area contributed by atoms with Crippen LogP contribution in [0.25, 0.3) is 0 Å². The highest BCUT2D eigenvalue weighted by atomic mass is 16.4. The molecule has 6 nitrogen and oxygen atoms in total. The maximum atomic E-state index is 13.1. The van der Waals surface area contributed by atoms with Crippen molar-refractivity contribution in [2.24, 2.45) is 28.9 Å². The zero-order valence-electron chi connectivity index (χ0n) is 14.2. The van der Waals surface area contributed by atoms with Crippen LogP contribution in [0.1, 0.15) is 57.8 Å². The van der Waals surface area contributed by atoms with Crippen molar-refractivity contribution in [1.82, 2.24) is 4.90 Å². The average Bonchev–Trinajstić information content (AvgIpc) is 3.05. The topological polar surface area (TPSA) is 101 Å². The van der Waals surface area contributed by atoms with Gasteiger partial charge in [0, 0.05) is 13.1 Å². The predicted molar refractivity (Wildman–Crippen MR) is 87.9 cm³/mol. The second kappa shape index (κ2) is 6.73. The van der Waals surface area contributed by atoms with E-state index in [0.29, 0.717) is 37.8 Å². The summed E-state index contributed by atoms with van der Waals surface area (Å²) in [6, 6.07) is 0. The minimum atomic E-state index is -1.30. The SMILES string of the molecule is NC(=O)C(C(=O)N1CCC2CCCCC2C1)C1(C(=O)O)CCCC1. The minimum absolute atomic E-state index is 0.351. The van der Waals surface area contributed by atoms with Crippen LogP contribution in [0.5, 0.6) is 0 Å². The third-order valence-corrected chi connectivity index (χ3v) is 6.61. The van der Waals surface area contributed by atoms with Crippen LogP contribution in [0, 0.1) is 23.2 Å². The molecule has 3 rings (SSSR count). The van der Waals surface area contributed by atoms with E-state index in [9.17, 15) is 19.5 Å². The number of aliphatic carboxylic acids is 1. The largest absolute Gasteiger partial charge is 0.481 e. The molecule has 0 aromatic heterocycles. The normalized spacial score (nSPS) is 30.4. The Balaban J connectivity index is 1.80. The van der Waals surface area contributed by atoms with Gasteiger partial charge < -0.3 is 15.7 Å². The maximum Gasteiger partial charge on any atom is 0.310 e. The molecule has 0 aromatic rings. The minimum Gasteiger partial charge on any atom is -0.481 e. The van der Waals surface area contributed by atoms with Gasteiger partial charge in [0.15, 0.2) is 0 Å². The summed E-state index contributed by atoms with van der Waals surface area (Å²) in [6.07, 6.45) is 7.96. The Bertz CT molecular complexity index is 527. The monoisotopic (exact) mass is 336 g/mol. The lowest BCUT2D eigenvalue weighted by molar-refractivity contribution is -0.164. The van der Waals surface area contributed by atoms with Crippen molar-refractivity contribution in [3.63, 3.8) is 0 Å². The number of fused-ring (bicyclic) bond motifs is 1. The number of hydrogen-bond donors (Lipinski definition) is 2. The third kappa shape index (κ3) is 2.91. The standard InChI is InChI=1S/C18H28N2O4/c19-15(21)14(18(17(23)24)8-3-4-9-18)16(22)20-10-7-12-5-1-2-6-13(12)11-20/h12-14H,1-11H2,(H2,19,21)(H,23,24). The molecule has 2 saturated carbocycles. The van der Waals surface area contributed by atoms with Gasteiger partial charge in [-0.05, 0) is 37.5 Å². The van der Waals surface area contributed by atoms with Crippen molar-refractivity contribution >= 4 is 17.8 Å². The van der Waals surface area contributed by atoms with E-state index in [0.717, 1.165) is 25.7 Å². The van der Waals surface area contributed by atoms with Gasteiger partial charge in [-0.1, -0.05) is 32.1 Å². The second-order valence-corrected chi connectivity index (χ2v) is 7.88. The average molecular weight is 336 g/mol. The maximum absolute atomic E-state index is 13.1. The molecule has 6 heteroatoms. The van der Waals surface area contributed by atoms with Crippen LogP contribution in [-0.4, -0.2) is 40.9 Å². The van der Waals surface area contributed by atoms with Gasteiger partial charge in [-0.2, -0.15) is 0 Å². The lowest BCUT2D eigenvalue weighted by Crippen LogP contribution is -2.55. The number of rotatable bonds is 4. The number of primary amides is 1. The van der Waals surface area contributed by atoms with Gasteiger partial charge in [0.05, 0.1) is 5.41 Å². The number of nitrogens with zero attached hydrogens (tertiary/aromatic N) is 1. The summed E-state index contributed by atoms with van der Waals surface area (Å²) in [5.74, 6) is -2.24. The van der Waals surface area contributed by atoms with Gasteiger partial charge in [0.2, 0.25) is 11.8 Å². The lowest BCUT2D eigenvalue weighted by Gasteiger charge is -2.43. The number of carbonyl (C=O) groups excluding carboxylic acids is 2. The lowest BCUT2D eigenvalue weighted by atomic mass is 9.71. The zero-order valence-corrected chi connectivity index (χ0v) is 14.2. The first kappa shape index (κ1) is 17.2. The van der Waals surface area contributed by atoms with Crippen LogP contribution < -0.4 is 5.73 Å². The van der Waals surface area contributed by atoms with Crippen LogP contribution in [0.2, 0.25) is 0 Å². The zero-order chi connectivity index (χ0) is 17.3. The van der Waals surface area contributed by atoms with Crippen molar-refractivity contribution in [3.8, 4) is 0 Å². The molecule has 24 heavy (non-hydrogen) atoms. The molecule has 134 valence electrons. The van der Waals surface area contributed by atoms with Crippen molar-refractivity contribution in [3.05, 3.63) is 0 Å². The van der Waals surface area contributed by atoms with E-state index < -0.39 is 23.2 Å². The fourth-order valence-corrected chi connectivity index (χ4v) is 5.25. The van der Waals surface area contributed by atoms with Crippen LogP contribution in [0.4, 0.5) is 0 Å². The predicted octanol–water partition coefficient (Wildman–Crippen LogP) is 1.77. The highest BCUT2D eigenvalue weighted by Crippen LogP contribution is 2.46. The first-order chi connectivity index (χ1) is 11.5. The number of hydrogen-bond acceptors (Lipinski definition) is 3. The molecule has 0 radical (unpaired) electrons. The van der Waals surface area contributed by atoms with Gasteiger partial charge in [-0.25, -0.2) is 0 Å². The molecule has 2 aliphatic carbocycles. The van der Waals surface area contributed by atoms with E-state index in [1.54, 1.807) is 4.90 Å². The number of carboxylic acid groups (broad SMARTS) is 1. The van der Waals surface area contributed by atoms with Gasteiger partial charge in [-0.15, -0.1) is 0 Å². The van der Waals surface area contributed by atoms with Crippen molar-refractivity contribution in [1.29, 1.82) is 0 Å². The Morgan fingerprint density at radius 2 is 1.62 bits per heavy atom. The van der Waals surface area contributed by atoms with E-state index in [-0.39, 0.29) is 5.91 Å². The fraction of sp³-hybridized carbons (Fsp3) is 0.833. The molecule has 1 aliphatic heterocycles. The molecule has 3 fully saturated rings. The highest BCUT2D eigenvalue weighted by Gasteiger charge is 2.55. The van der Waals surface area contributed by atoms with Gasteiger partial charge in [0.25, 0.3) is 0 Å². The molecule has 1 saturated heterocycles. The Labute approximate surface area is 142 Å². The molecule has 1 heterocycles. The summed E-state index contributed by atoms with van der Waals surface area (Å²) < 4.78 is 0. The highest BCUT2D eigenvalue weighted by molar-refractivity contribution is 6.04. The Morgan fingerprint density at radius 1 is 1.00 bits per heavy atom. The number of amides is 2. The summed E-state index contributed by atoms with van der Waals surface area (Å²) >= 11 is 0. The Hall–Kier alpha value is -1.59. The molecule has 2 amide bonds.